The lowest BCUT2D eigenvalue weighted by atomic mass is 9.96. The minimum atomic E-state index is -0.903. The van der Waals surface area contributed by atoms with Crippen LogP contribution < -0.4 is 10.4 Å². The van der Waals surface area contributed by atoms with Crippen LogP contribution in [0.5, 0.6) is 0 Å². The Morgan fingerprint density at radius 2 is 1.73 bits per heavy atom. The molecule has 30 heavy (non-hydrogen) atoms. The van der Waals surface area contributed by atoms with Gasteiger partial charge < -0.3 is 15.1 Å². The molecule has 1 amide bonds. The molecule has 2 atom stereocenters. The Kier molecular flexibility index (Phi) is 7.11. The highest BCUT2D eigenvalue weighted by Gasteiger charge is 2.30. The van der Waals surface area contributed by atoms with E-state index in [0.717, 1.165) is 16.7 Å². The van der Waals surface area contributed by atoms with E-state index < -0.39 is 12.0 Å². The van der Waals surface area contributed by atoms with Crippen LogP contribution in [0.15, 0.2) is 43.2 Å². The molecule has 2 heterocycles. The summed E-state index contributed by atoms with van der Waals surface area (Å²) in [4.78, 5) is 23.9. The zero-order chi connectivity index (χ0) is 21.7. The van der Waals surface area contributed by atoms with Crippen LogP contribution >= 0.6 is 0 Å². The smallest absolute Gasteiger partial charge is 0.277 e. The van der Waals surface area contributed by atoms with E-state index in [1.807, 2.05) is 36.1 Å². The first-order valence-electron chi connectivity index (χ1n) is 9.75. The van der Waals surface area contributed by atoms with Crippen molar-refractivity contribution in [3.8, 4) is 0 Å². The van der Waals surface area contributed by atoms with Gasteiger partial charge in [-0.1, -0.05) is 36.4 Å². The van der Waals surface area contributed by atoms with Gasteiger partial charge in [0.1, 0.15) is 0 Å². The van der Waals surface area contributed by atoms with Gasteiger partial charge in [0.15, 0.2) is 0 Å². The largest absolute Gasteiger partial charge is 0.394 e. The van der Waals surface area contributed by atoms with Gasteiger partial charge in [0.25, 0.3) is 5.91 Å². The SMILES string of the molecule is C=C(C)c1ccc(C(C(O)CO)N2CCN(c3ncc(C(=O)NO)cn3)CC2)cc1. The molecule has 160 valence electrons. The van der Waals surface area contributed by atoms with Crippen LogP contribution in [0.2, 0.25) is 0 Å². The number of benzene rings is 1. The highest BCUT2D eigenvalue weighted by molar-refractivity contribution is 5.92. The van der Waals surface area contributed by atoms with Crippen molar-refractivity contribution in [2.45, 2.75) is 19.1 Å². The fraction of sp³-hybridized carbons (Fsp3) is 0.381. The number of amides is 1. The molecule has 9 nitrogen and oxygen atoms in total. The standard InChI is InChI=1S/C21H27N5O4/c1-14(2)15-3-5-16(6-4-15)19(18(28)13-27)25-7-9-26(10-8-25)21-22-11-17(12-23-21)20(29)24-30/h3-6,11-12,18-19,27-28,30H,1,7-10,13H2,2H3,(H,24,29). The number of nitrogens with zero attached hydrogens (tertiary/aromatic N) is 4. The van der Waals surface area contributed by atoms with Crippen molar-refractivity contribution >= 4 is 17.4 Å². The van der Waals surface area contributed by atoms with Gasteiger partial charge in [-0.2, -0.15) is 0 Å². The van der Waals surface area contributed by atoms with Crippen molar-refractivity contribution in [3.05, 3.63) is 59.9 Å². The number of aliphatic hydroxyl groups is 2. The zero-order valence-corrected chi connectivity index (χ0v) is 16.9. The number of carbonyl (C=O) groups excluding carboxylic acids is 1. The molecule has 0 saturated carbocycles. The minimum Gasteiger partial charge on any atom is -0.394 e. The van der Waals surface area contributed by atoms with Crippen molar-refractivity contribution in [2.24, 2.45) is 0 Å². The molecular formula is C21H27N5O4. The molecule has 1 aliphatic heterocycles. The summed E-state index contributed by atoms with van der Waals surface area (Å²) in [6, 6.07) is 7.56. The molecule has 1 aromatic carbocycles. The average Bonchev–Trinajstić information content (AvgIpc) is 2.79. The Labute approximate surface area is 175 Å². The van der Waals surface area contributed by atoms with Gasteiger partial charge in [-0.15, -0.1) is 0 Å². The van der Waals surface area contributed by atoms with Crippen LogP contribution in [-0.4, -0.2) is 75.1 Å². The molecule has 2 unspecified atom stereocenters. The van der Waals surface area contributed by atoms with E-state index in [-0.39, 0.29) is 18.2 Å². The van der Waals surface area contributed by atoms with Crippen molar-refractivity contribution in [1.82, 2.24) is 20.3 Å². The monoisotopic (exact) mass is 413 g/mol. The topological polar surface area (TPSA) is 122 Å². The third-order valence-corrected chi connectivity index (χ3v) is 5.29. The summed E-state index contributed by atoms with van der Waals surface area (Å²) in [7, 11) is 0. The van der Waals surface area contributed by atoms with Crippen molar-refractivity contribution in [3.63, 3.8) is 0 Å². The van der Waals surface area contributed by atoms with E-state index in [1.165, 1.54) is 12.4 Å². The summed E-state index contributed by atoms with van der Waals surface area (Å²) >= 11 is 0. The number of hydrogen-bond acceptors (Lipinski definition) is 8. The van der Waals surface area contributed by atoms with Crippen LogP contribution in [0, 0.1) is 0 Å². The Bertz CT molecular complexity index is 864. The van der Waals surface area contributed by atoms with E-state index in [2.05, 4.69) is 21.4 Å². The van der Waals surface area contributed by atoms with Crippen LogP contribution in [0.25, 0.3) is 5.57 Å². The molecule has 2 aromatic rings. The highest BCUT2D eigenvalue weighted by Crippen LogP contribution is 2.27. The van der Waals surface area contributed by atoms with Gasteiger partial charge in [0.2, 0.25) is 5.95 Å². The molecule has 3 rings (SSSR count). The van der Waals surface area contributed by atoms with E-state index in [9.17, 15) is 15.0 Å². The second-order valence-electron chi connectivity index (χ2n) is 7.33. The van der Waals surface area contributed by atoms with Gasteiger partial charge in [0.05, 0.1) is 24.3 Å². The molecule has 0 spiro atoms. The first-order chi connectivity index (χ1) is 14.4. The number of carbonyl (C=O) groups is 1. The summed E-state index contributed by atoms with van der Waals surface area (Å²) < 4.78 is 0. The van der Waals surface area contributed by atoms with Crippen molar-refractivity contribution in [2.75, 3.05) is 37.7 Å². The fourth-order valence-corrected chi connectivity index (χ4v) is 3.61. The molecule has 1 fully saturated rings. The number of anilines is 1. The summed E-state index contributed by atoms with van der Waals surface area (Å²) in [6.45, 7) is 8.11. The normalized spacial score (nSPS) is 16.7. The summed E-state index contributed by atoms with van der Waals surface area (Å²) in [5.74, 6) is -0.168. The van der Waals surface area contributed by atoms with Gasteiger partial charge >= 0.3 is 0 Å². The molecule has 0 aliphatic carbocycles. The molecule has 1 aromatic heterocycles. The number of aromatic nitrogens is 2. The van der Waals surface area contributed by atoms with E-state index in [0.29, 0.717) is 32.1 Å². The maximum Gasteiger partial charge on any atom is 0.277 e. The molecule has 0 bridgehead atoms. The Balaban J connectivity index is 1.70. The summed E-state index contributed by atoms with van der Waals surface area (Å²) in [6.07, 6.45) is 1.82. The molecule has 1 aliphatic rings. The van der Waals surface area contributed by atoms with Gasteiger partial charge in [-0.05, 0) is 18.1 Å². The van der Waals surface area contributed by atoms with E-state index in [4.69, 9.17) is 5.21 Å². The zero-order valence-electron chi connectivity index (χ0n) is 16.9. The first kappa shape index (κ1) is 21.8. The Morgan fingerprint density at radius 1 is 1.13 bits per heavy atom. The second kappa shape index (κ2) is 9.77. The Hall–Kier alpha value is -2.85. The minimum absolute atomic E-state index is 0.171. The summed E-state index contributed by atoms with van der Waals surface area (Å²) in [5.41, 5.74) is 4.67. The van der Waals surface area contributed by atoms with E-state index in [1.54, 1.807) is 5.48 Å². The van der Waals surface area contributed by atoms with Gasteiger partial charge in [-0.3, -0.25) is 14.9 Å². The fourth-order valence-electron chi connectivity index (χ4n) is 3.61. The number of aliphatic hydroxyl groups excluding tert-OH is 2. The molecule has 9 heteroatoms. The molecule has 1 saturated heterocycles. The Morgan fingerprint density at radius 3 is 2.23 bits per heavy atom. The quantitative estimate of drug-likeness (QED) is 0.389. The van der Waals surface area contributed by atoms with Crippen LogP contribution in [0.4, 0.5) is 5.95 Å². The number of hydroxylamine groups is 1. The highest BCUT2D eigenvalue weighted by atomic mass is 16.5. The molecule has 0 radical (unpaired) electrons. The van der Waals surface area contributed by atoms with Crippen LogP contribution in [-0.2, 0) is 0 Å². The predicted octanol–water partition coefficient (Wildman–Crippen LogP) is 0.845. The number of nitrogens with one attached hydrogen (secondary N) is 1. The molecular weight excluding hydrogens is 386 g/mol. The lowest BCUT2D eigenvalue weighted by Crippen LogP contribution is -2.51. The third-order valence-electron chi connectivity index (χ3n) is 5.29. The number of piperazine rings is 1. The second-order valence-corrected chi connectivity index (χ2v) is 7.33. The van der Waals surface area contributed by atoms with Gasteiger partial charge in [-0.25, -0.2) is 15.4 Å². The number of hydrogen-bond donors (Lipinski definition) is 4. The van der Waals surface area contributed by atoms with Crippen molar-refractivity contribution < 1.29 is 20.2 Å². The summed E-state index contributed by atoms with van der Waals surface area (Å²) in [5, 5.41) is 28.7. The lowest BCUT2D eigenvalue weighted by molar-refractivity contribution is 0.00727. The number of allylic oxidation sites excluding steroid dienone is 1. The maximum absolute atomic E-state index is 11.4. The van der Waals surface area contributed by atoms with Crippen molar-refractivity contribution in [1.29, 1.82) is 0 Å². The van der Waals surface area contributed by atoms with E-state index >= 15 is 0 Å². The average molecular weight is 413 g/mol. The molecule has 4 N–H and O–H groups in total. The van der Waals surface area contributed by atoms with Gasteiger partial charge in [0, 0.05) is 38.6 Å². The lowest BCUT2D eigenvalue weighted by Gasteiger charge is -2.41. The van der Waals surface area contributed by atoms with Crippen LogP contribution in [0.1, 0.15) is 34.5 Å². The van der Waals surface area contributed by atoms with Crippen LogP contribution in [0.3, 0.4) is 0 Å². The predicted molar refractivity (Wildman–Crippen MR) is 112 cm³/mol. The first-order valence-corrected chi connectivity index (χ1v) is 9.75. The third kappa shape index (κ3) is 4.82. The maximum atomic E-state index is 11.4. The number of rotatable bonds is 7.